The minimum Gasteiger partial charge on any atom is -0.394 e. The molecule has 0 atom stereocenters. The van der Waals surface area contributed by atoms with E-state index in [2.05, 4.69) is 4.98 Å². The van der Waals surface area contributed by atoms with Crippen molar-refractivity contribution in [3.05, 3.63) is 29.6 Å². The molecule has 0 saturated carbocycles. The molecule has 1 aliphatic heterocycles. The molecular formula is C13H16N2O3. The summed E-state index contributed by atoms with van der Waals surface area (Å²) in [6.07, 6.45) is 2.53. The van der Waals surface area contributed by atoms with E-state index >= 15 is 0 Å². The molecule has 1 aromatic rings. The molecule has 0 unspecified atom stereocenters. The van der Waals surface area contributed by atoms with E-state index in [9.17, 15) is 14.7 Å². The summed E-state index contributed by atoms with van der Waals surface area (Å²) in [5.41, 5.74) is -0.320. The van der Waals surface area contributed by atoms with E-state index in [0.717, 1.165) is 0 Å². The maximum absolute atomic E-state index is 12.3. The lowest BCUT2D eigenvalue weighted by atomic mass is 9.91. The van der Waals surface area contributed by atoms with E-state index in [1.807, 2.05) is 13.8 Å². The quantitative estimate of drug-likeness (QED) is 0.813. The van der Waals surface area contributed by atoms with E-state index in [0.29, 0.717) is 18.4 Å². The van der Waals surface area contributed by atoms with Crippen LogP contribution in [-0.4, -0.2) is 39.0 Å². The Morgan fingerprint density at radius 3 is 2.44 bits per heavy atom. The molecule has 2 amide bonds. The lowest BCUT2D eigenvalue weighted by Gasteiger charge is -2.37. The van der Waals surface area contributed by atoms with Gasteiger partial charge in [-0.05, 0) is 25.0 Å². The summed E-state index contributed by atoms with van der Waals surface area (Å²) in [7, 11) is 0. The average Bonchev–Trinajstić information content (AvgIpc) is 2.67. The van der Waals surface area contributed by atoms with Gasteiger partial charge in [0.05, 0.1) is 17.7 Å². The minimum absolute atomic E-state index is 0.183. The Balaban J connectivity index is 2.51. The van der Waals surface area contributed by atoms with Crippen molar-refractivity contribution in [2.45, 2.75) is 32.2 Å². The molecule has 0 aromatic carbocycles. The fraction of sp³-hybridized carbons (Fsp3) is 0.462. The number of imide groups is 1. The summed E-state index contributed by atoms with van der Waals surface area (Å²) in [5.74, 6) is -0.769. The van der Waals surface area contributed by atoms with Crippen molar-refractivity contribution in [1.82, 2.24) is 9.88 Å². The van der Waals surface area contributed by atoms with E-state index in [1.54, 1.807) is 12.1 Å². The van der Waals surface area contributed by atoms with Crippen molar-refractivity contribution in [3.8, 4) is 0 Å². The normalized spacial score (nSPS) is 15.2. The Kier molecular flexibility index (Phi) is 3.17. The molecule has 0 aliphatic carbocycles. The summed E-state index contributed by atoms with van der Waals surface area (Å²) in [6.45, 7) is 3.48. The molecule has 1 aliphatic rings. The summed E-state index contributed by atoms with van der Waals surface area (Å²) in [5, 5.41) is 9.58. The van der Waals surface area contributed by atoms with E-state index in [-0.39, 0.29) is 18.2 Å². The molecular weight excluding hydrogens is 232 g/mol. The fourth-order valence-corrected chi connectivity index (χ4v) is 2.36. The molecule has 5 nitrogen and oxygen atoms in total. The molecule has 0 bridgehead atoms. The van der Waals surface area contributed by atoms with Gasteiger partial charge in [0.15, 0.2) is 0 Å². The predicted octanol–water partition coefficient (Wildman–Crippen LogP) is 1.23. The first-order chi connectivity index (χ1) is 8.61. The molecule has 0 saturated heterocycles. The average molecular weight is 248 g/mol. The smallest absolute Gasteiger partial charge is 0.280 e. The highest BCUT2D eigenvalue weighted by molar-refractivity contribution is 6.20. The number of aliphatic hydroxyl groups is 1. The lowest BCUT2D eigenvalue weighted by Crippen LogP contribution is -2.53. The highest BCUT2D eigenvalue weighted by Crippen LogP contribution is 2.32. The van der Waals surface area contributed by atoms with Crippen LogP contribution in [0.4, 0.5) is 0 Å². The second kappa shape index (κ2) is 4.49. The number of rotatable bonds is 4. The van der Waals surface area contributed by atoms with Crippen LogP contribution in [-0.2, 0) is 0 Å². The van der Waals surface area contributed by atoms with Gasteiger partial charge in [-0.1, -0.05) is 13.8 Å². The third-order valence-electron chi connectivity index (χ3n) is 3.73. The topological polar surface area (TPSA) is 70.5 Å². The Bertz CT molecular complexity index is 451. The van der Waals surface area contributed by atoms with Crippen molar-refractivity contribution in [1.29, 1.82) is 0 Å². The molecule has 18 heavy (non-hydrogen) atoms. The van der Waals surface area contributed by atoms with Crippen LogP contribution in [0.1, 0.15) is 47.5 Å². The first kappa shape index (κ1) is 12.7. The van der Waals surface area contributed by atoms with Gasteiger partial charge in [-0.2, -0.15) is 0 Å². The number of aliphatic hydroxyl groups excluding tert-OH is 1. The van der Waals surface area contributed by atoms with Gasteiger partial charge in [-0.25, -0.2) is 0 Å². The van der Waals surface area contributed by atoms with Gasteiger partial charge in [0.2, 0.25) is 0 Å². The number of aromatic nitrogens is 1. The van der Waals surface area contributed by atoms with E-state index < -0.39 is 11.4 Å². The fourth-order valence-electron chi connectivity index (χ4n) is 2.36. The first-order valence-electron chi connectivity index (χ1n) is 6.06. The number of nitrogens with zero attached hydrogens (tertiary/aromatic N) is 2. The Morgan fingerprint density at radius 1 is 1.28 bits per heavy atom. The molecule has 0 radical (unpaired) electrons. The predicted molar refractivity (Wildman–Crippen MR) is 65.1 cm³/mol. The maximum Gasteiger partial charge on any atom is 0.280 e. The van der Waals surface area contributed by atoms with E-state index in [4.69, 9.17) is 0 Å². The van der Waals surface area contributed by atoms with Crippen LogP contribution in [0.3, 0.4) is 0 Å². The van der Waals surface area contributed by atoms with Gasteiger partial charge in [0.25, 0.3) is 11.8 Å². The second-order valence-corrected chi connectivity index (χ2v) is 4.43. The number of hydrogen-bond acceptors (Lipinski definition) is 4. The molecule has 96 valence electrons. The SMILES string of the molecule is CCC(CC)(CO)N1C(=O)c2cccnc2C1=O. The number of amides is 2. The van der Waals surface area contributed by atoms with Crippen LogP contribution in [0.25, 0.3) is 0 Å². The highest BCUT2D eigenvalue weighted by Gasteiger charge is 2.47. The third kappa shape index (κ3) is 1.54. The van der Waals surface area contributed by atoms with Crippen molar-refractivity contribution >= 4 is 11.8 Å². The molecule has 1 N–H and O–H groups in total. The van der Waals surface area contributed by atoms with Crippen LogP contribution in [0.5, 0.6) is 0 Å². The molecule has 5 heteroatoms. The van der Waals surface area contributed by atoms with Gasteiger partial charge < -0.3 is 5.11 Å². The molecule has 0 spiro atoms. The number of pyridine rings is 1. The zero-order chi connectivity index (χ0) is 13.3. The van der Waals surface area contributed by atoms with Crippen LogP contribution in [0.15, 0.2) is 18.3 Å². The summed E-state index contributed by atoms with van der Waals surface area (Å²) in [6, 6.07) is 3.22. The Morgan fingerprint density at radius 2 is 1.94 bits per heavy atom. The van der Waals surface area contributed by atoms with Gasteiger partial charge in [0, 0.05) is 6.20 Å². The van der Waals surface area contributed by atoms with E-state index in [1.165, 1.54) is 11.1 Å². The van der Waals surface area contributed by atoms with Gasteiger partial charge >= 0.3 is 0 Å². The van der Waals surface area contributed by atoms with Gasteiger partial charge in [-0.15, -0.1) is 0 Å². The number of hydrogen-bond donors (Lipinski definition) is 1. The number of fused-ring (bicyclic) bond motifs is 1. The summed E-state index contributed by atoms with van der Waals surface area (Å²) in [4.78, 5) is 29.7. The second-order valence-electron chi connectivity index (χ2n) is 4.43. The molecule has 0 fully saturated rings. The summed E-state index contributed by atoms with van der Waals surface area (Å²) >= 11 is 0. The largest absolute Gasteiger partial charge is 0.394 e. The van der Waals surface area contributed by atoms with Crippen molar-refractivity contribution < 1.29 is 14.7 Å². The standard InChI is InChI=1S/C13H16N2O3/c1-3-13(4-2,8-16)15-11(17)9-6-5-7-14-10(9)12(15)18/h5-7,16H,3-4,8H2,1-2H3. The third-order valence-corrected chi connectivity index (χ3v) is 3.73. The van der Waals surface area contributed by atoms with Crippen LogP contribution in [0.2, 0.25) is 0 Å². The maximum atomic E-state index is 12.3. The van der Waals surface area contributed by atoms with Crippen LogP contribution < -0.4 is 0 Å². The Labute approximate surface area is 105 Å². The van der Waals surface area contributed by atoms with Gasteiger partial charge in [-0.3, -0.25) is 19.5 Å². The number of carbonyl (C=O) groups excluding carboxylic acids is 2. The first-order valence-corrected chi connectivity index (χ1v) is 6.06. The van der Waals surface area contributed by atoms with Crippen LogP contribution in [0, 0.1) is 0 Å². The monoisotopic (exact) mass is 248 g/mol. The number of carbonyl (C=O) groups is 2. The Hall–Kier alpha value is -1.75. The molecule has 1 aromatic heterocycles. The minimum atomic E-state index is -0.825. The highest BCUT2D eigenvalue weighted by atomic mass is 16.3. The molecule has 2 rings (SSSR count). The van der Waals surface area contributed by atoms with Gasteiger partial charge in [0.1, 0.15) is 5.69 Å². The molecule has 2 heterocycles. The van der Waals surface area contributed by atoms with Crippen molar-refractivity contribution in [2.24, 2.45) is 0 Å². The van der Waals surface area contributed by atoms with Crippen molar-refractivity contribution in [3.63, 3.8) is 0 Å². The zero-order valence-corrected chi connectivity index (χ0v) is 10.5. The summed E-state index contributed by atoms with van der Waals surface area (Å²) < 4.78 is 0. The van der Waals surface area contributed by atoms with Crippen molar-refractivity contribution in [2.75, 3.05) is 6.61 Å². The van der Waals surface area contributed by atoms with Crippen LogP contribution >= 0.6 is 0 Å². The lowest BCUT2D eigenvalue weighted by molar-refractivity contribution is 0.0218. The zero-order valence-electron chi connectivity index (χ0n) is 10.5.